The zero-order valence-corrected chi connectivity index (χ0v) is 14.9. The smallest absolute Gasteiger partial charge is 0.191 e. The van der Waals surface area contributed by atoms with Crippen LogP contribution in [0.3, 0.4) is 0 Å². The summed E-state index contributed by atoms with van der Waals surface area (Å²) in [4.78, 5) is 8.72. The lowest BCUT2D eigenvalue weighted by atomic mass is 10.2. The van der Waals surface area contributed by atoms with Gasteiger partial charge in [0, 0.05) is 35.6 Å². The molecule has 0 spiro atoms. The number of rotatable bonds is 7. The standard InChI is InChI=1S/C16H19N5S2/c1-3-5-14-18-13(10-22-14)11-23-16-20-19-15(21(16)4-2)12-6-8-17-9-7-12/h6-10H,3-5,11H2,1-2H3. The van der Waals surface area contributed by atoms with Gasteiger partial charge < -0.3 is 4.57 Å². The minimum atomic E-state index is 0.828. The number of aromatic nitrogens is 5. The highest BCUT2D eigenvalue weighted by Gasteiger charge is 2.13. The summed E-state index contributed by atoms with van der Waals surface area (Å²) >= 11 is 3.44. The van der Waals surface area contributed by atoms with E-state index in [1.807, 2.05) is 12.1 Å². The van der Waals surface area contributed by atoms with E-state index in [0.717, 1.165) is 47.4 Å². The fourth-order valence-corrected chi connectivity index (χ4v) is 4.18. The van der Waals surface area contributed by atoms with Gasteiger partial charge in [-0.05, 0) is 31.9 Å². The summed E-state index contributed by atoms with van der Waals surface area (Å²) in [5, 5.41) is 13.0. The second kappa shape index (κ2) is 7.70. The van der Waals surface area contributed by atoms with Crippen LogP contribution >= 0.6 is 23.1 Å². The molecule has 0 saturated carbocycles. The predicted molar refractivity (Wildman–Crippen MR) is 94.6 cm³/mol. The zero-order chi connectivity index (χ0) is 16.1. The average Bonchev–Trinajstić information content (AvgIpc) is 3.20. The number of hydrogen-bond donors (Lipinski definition) is 0. The van der Waals surface area contributed by atoms with E-state index in [9.17, 15) is 0 Å². The molecule has 0 aliphatic rings. The van der Waals surface area contributed by atoms with E-state index < -0.39 is 0 Å². The van der Waals surface area contributed by atoms with Crippen LogP contribution in [-0.2, 0) is 18.7 Å². The van der Waals surface area contributed by atoms with Crippen molar-refractivity contribution in [1.29, 1.82) is 0 Å². The predicted octanol–water partition coefficient (Wildman–Crippen LogP) is 4.06. The molecule has 3 aromatic heterocycles. The van der Waals surface area contributed by atoms with Gasteiger partial charge >= 0.3 is 0 Å². The molecule has 0 unspecified atom stereocenters. The van der Waals surface area contributed by atoms with Gasteiger partial charge in [0.2, 0.25) is 0 Å². The van der Waals surface area contributed by atoms with Crippen molar-refractivity contribution < 1.29 is 0 Å². The lowest BCUT2D eigenvalue weighted by molar-refractivity contribution is 0.687. The topological polar surface area (TPSA) is 56.5 Å². The van der Waals surface area contributed by atoms with E-state index >= 15 is 0 Å². The van der Waals surface area contributed by atoms with Gasteiger partial charge in [0.05, 0.1) is 10.7 Å². The lowest BCUT2D eigenvalue weighted by Crippen LogP contribution is -2.00. The lowest BCUT2D eigenvalue weighted by Gasteiger charge is -2.06. The van der Waals surface area contributed by atoms with Crippen molar-refractivity contribution in [2.24, 2.45) is 0 Å². The first-order chi connectivity index (χ1) is 11.3. The van der Waals surface area contributed by atoms with Crippen molar-refractivity contribution in [2.75, 3.05) is 0 Å². The zero-order valence-electron chi connectivity index (χ0n) is 13.3. The van der Waals surface area contributed by atoms with Gasteiger partial charge in [-0.1, -0.05) is 18.7 Å². The fourth-order valence-electron chi connectivity index (χ4n) is 2.28. The van der Waals surface area contributed by atoms with Gasteiger partial charge in [-0.2, -0.15) is 0 Å². The molecule has 0 radical (unpaired) electrons. The second-order valence-electron chi connectivity index (χ2n) is 5.06. The van der Waals surface area contributed by atoms with Crippen LogP contribution in [0.2, 0.25) is 0 Å². The Morgan fingerprint density at radius 1 is 1.17 bits per heavy atom. The van der Waals surface area contributed by atoms with Crippen LogP contribution in [0.4, 0.5) is 0 Å². The highest BCUT2D eigenvalue weighted by atomic mass is 32.2. The number of pyridine rings is 1. The molecule has 3 heterocycles. The molecule has 0 aromatic carbocycles. The maximum atomic E-state index is 4.67. The van der Waals surface area contributed by atoms with Gasteiger partial charge in [0.1, 0.15) is 0 Å². The number of thiazole rings is 1. The van der Waals surface area contributed by atoms with E-state index in [-0.39, 0.29) is 0 Å². The molecular weight excluding hydrogens is 326 g/mol. The maximum Gasteiger partial charge on any atom is 0.191 e. The molecule has 3 aromatic rings. The van der Waals surface area contributed by atoms with Gasteiger partial charge in [-0.25, -0.2) is 4.98 Å². The number of thioether (sulfide) groups is 1. The Morgan fingerprint density at radius 3 is 2.74 bits per heavy atom. The first-order valence-corrected chi connectivity index (χ1v) is 9.58. The Labute approximate surface area is 144 Å². The molecular formula is C16H19N5S2. The molecule has 3 rings (SSSR count). The largest absolute Gasteiger partial charge is 0.302 e. The van der Waals surface area contributed by atoms with Crippen molar-refractivity contribution in [3.63, 3.8) is 0 Å². The van der Waals surface area contributed by atoms with Crippen molar-refractivity contribution >= 4 is 23.1 Å². The molecule has 23 heavy (non-hydrogen) atoms. The van der Waals surface area contributed by atoms with E-state index in [4.69, 9.17) is 0 Å². The third-order valence-corrected chi connectivity index (χ3v) is 5.34. The monoisotopic (exact) mass is 345 g/mol. The van der Waals surface area contributed by atoms with Gasteiger partial charge in [-0.15, -0.1) is 21.5 Å². The number of aryl methyl sites for hydroxylation is 1. The highest BCUT2D eigenvalue weighted by Crippen LogP contribution is 2.26. The van der Waals surface area contributed by atoms with E-state index in [1.165, 1.54) is 5.01 Å². The Hall–Kier alpha value is -1.73. The summed E-state index contributed by atoms with van der Waals surface area (Å²) in [5.74, 6) is 1.72. The van der Waals surface area contributed by atoms with Crippen LogP contribution in [0.25, 0.3) is 11.4 Å². The maximum absolute atomic E-state index is 4.67. The summed E-state index contributed by atoms with van der Waals surface area (Å²) in [6.45, 7) is 5.13. The first-order valence-electron chi connectivity index (χ1n) is 7.71. The SMILES string of the molecule is CCCc1nc(CSc2nnc(-c3ccncc3)n2CC)cs1. The van der Waals surface area contributed by atoms with Crippen LogP contribution < -0.4 is 0 Å². The molecule has 7 heteroatoms. The molecule has 5 nitrogen and oxygen atoms in total. The molecule has 0 saturated heterocycles. The Kier molecular flexibility index (Phi) is 5.40. The molecule has 0 atom stereocenters. The Morgan fingerprint density at radius 2 is 2.00 bits per heavy atom. The van der Waals surface area contributed by atoms with E-state index in [0.29, 0.717) is 0 Å². The van der Waals surface area contributed by atoms with Crippen LogP contribution in [0.1, 0.15) is 31.0 Å². The van der Waals surface area contributed by atoms with Crippen LogP contribution in [0.5, 0.6) is 0 Å². The van der Waals surface area contributed by atoms with Gasteiger partial charge in [0.15, 0.2) is 11.0 Å². The third kappa shape index (κ3) is 3.79. The molecule has 0 aliphatic heterocycles. The number of hydrogen-bond acceptors (Lipinski definition) is 6. The average molecular weight is 345 g/mol. The van der Waals surface area contributed by atoms with Crippen molar-refractivity contribution in [3.8, 4) is 11.4 Å². The highest BCUT2D eigenvalue weighted by molar-refractivity contribution is 7.98. The second-order valence-corrected chi connectivity index (χ2v) is 6.94. The minimum Gasteiger partial charge on any atom is -0.302 e. The Balaban J connectivity index is 1.74. The van der Waals surface area contributed by atoms with Crippen LogP contribution in [-0.4, -0.2) is 24.7 Å². The summed E-state index contributed by atoms with van der Waals surface area (Å²) in [5.41, 5.74) is 2.17. The number of nitrogens with zero attached hydrogens (tertiary/aromatic N) is 5. The molecule has 120 valence electrons. The Bertz CT molecular complexity index is 751. The summed E-state index contributed by atoms with van der Waals surface area (Å²) in [6.07, 6.45) is 5.76. The quantitative estimate of drug-likeness (QED) is 0.604. The summed E-state index contributed by atoms with van der Waals surface area (Å²) in [7, 11) is 0. The van der Waals surface area contributed by atoms with Crippen molar-refractivity contribution in [1.82, 2.24) is 24.7 Å². The van der Waals surface area contributed by atoms with Crippen LogP contribution in [0.15, 0.2) is 35.1 Å². The van der Waals surface area contributed by atoms with E-state index in [1.54, 1.807) is 35.5 Å². The minimum absolute atomic E-state index is 0.828. The van der Waals surface area contributed by atoms with Gasteiger partial charge in [-0.3, -0.25) is 4.98 Å². The normalized spacial score (nSPS) is 11.0. The van der Waals surface area contributed by atoms with E-state index in [2.05, 4.69) is 44.0 Å². The van der Waals surface area contributed by atoms with Crippen molar-refractivity contribution in [2.45, 2.75) is 44.1 Å². The first kappa shape index (κ1) is 16.1. The molecule has 0 fully saturated rings. The third-order valence-electron chi connectivity index (χ3n) is 3.38. The van der Waals surface area contributed by atoms with Gasteiger partial charge in [0.25, 0.3) is 0 Å². The summed E-state index contributed by atoms with van der Waals surface area (Å²) < 4.78 is 2.14. The molecule has 0 N–H and O–H groups in total. The molecule has 0 aliphatic carbocycles. The molecule has 0 bridgehead atoms. The fraction of sp³-hybridized carbons (Fsp3) is 0.375. The molecule has 0 amide bonds. The van der Waals surface area contributed by atoms with Crippen molar-refractivity contribution in [3.05, 3.63) is 40.6 Å². The van der Waals surface area contributed by atoms with Crippen LogP contribution in [0, 0.1) is 0 Å². The summed E-state index contributed by atoms with van der Waals surface area (Å²) in [6, 6.07) is 3.92.